The summed E-state index contributed by atoms with van der Waals surface area (Å²) in [6, 6.07) is 6.13. The summed E-state index contributed by atoms with van der Waals surface area (Å²) in [7, 11) is 1.97. The number of anilines is 2. The van der Waals surface area contributed by atoms with Crippen molar-refractivity contribution in [3.8, 4) is 0 Å². The second-order valence-electron chi connectivity index (χ2n) is 8.33. The Balaban J connectivity index is 0.000000649. The van der Waals surface area contributed by atoms with Crippen molar-refractivity contribution in [1.82, 2.24) is 15.3 Å². The summed E-state index contributed by atoms with van der Waals surface area (Å²) in [4.78, 5) is 48.7. The second-order valence-corrected chi connectivity index (χ2v) is 8.33. The summed E-state index contributed by atoms with van der Waals surface area (Å²) in [5.41, 5.74) is 5.05. The molecule has 0 aromatic carbocycles. The molecule has 2 rings (SSSR count). The Kier molecular flexibility index (Phi) is 18.7. The summed E-state index contributed by atoms with van der Waals surface area (Å²) >= 11 is 0. The Morgan fingerprint density at radius 2 is 1.45 bits per heavy atom. The number of carbonyl (C=O) groups is 3. The van der Waals surface area contributed by atoms with E-state index in [0.29, 0.717) is 45.0 Å². The van der Waals surface area contributed by atoms with Crippen molar-refractivity contribution in [2.75, 3.05) is 43.3 Å². The first kappa shape index (κ1) is 35.9. The van der Waals surface area contributed by atoms with Gasteiger partial charge in [0.05, 0.1) is 11.1 Å². The average molecular weight is 561 g/mol. The third-order valence-corrected chi connectivity index (χ3v) is 3.87. The maximum absolute atomic E-state index is 11.3. The number of nitrogens with zero attached hydrogens (tertiary/aromatic N) is 2. The number of hydrogen-bond acceptors (Lipinski definition) is 12. The van der Waals surface area contributed by atoms with Gasteiger partial charge in [0, 0.05) is 38.6 Å². The number of rotatable bonds is 13. The van der Waals surface area contributed by atoms with Gasteiger partial charge in [-0.05, 0) is 45.0 Å². The van der Waals surface area contributed by atoms with Crippen LogP contribution in [0.1, 0.15) is 41.5 Å². The molecule has 1 radical (unpaired) electrons. The van der Waals surface area contributed by atoms with Gasteiger partial charge in [-0.15, -0.1) is 0 Å². The van der Waals surface area contributed by atoms with Gasteiger partial charge in [0.2, 0.25) is 0 Å². The quantitative estimate of drug-likeness (QED) is 0.0882. The Hall–Kier alpha value is -4.08. The number of aromatic nitrogens is 2. The standard InChI is InChI=1S/C13H19N3O4.C8H11N3O2.C2H5B2O3/c1-13(2,3)20-12(19)15-7-6-14-10-5-4-9(8-16-10)11(17)18;9-3-4-10-7-2-1-6(5-11-7)8(12)13;1-3-7-6-2-4-5/h4-5,8H,6-7H2,1-3H3,(H,14,16)(H,15,19)(H,17,18);1-2,5H,3-4,9H2,(H,10,11)(H,12,13);2H2,1H3. The molecule has 0 fully saturated rings. The summed E-state index contributed by atoms with van der Waals surface area (Å²) in [5, 5.41) is 25.8. The van der Waals surface area contributed by atoms with Crippen molar-refractivity contribution in [2.45, 2.75) is 33.2 Å². The first-order valence-electron chi connectivity index (χ1n) is 12.0. The second kappa shape index (κ2) is 20.8. The molecule has 2 aromatic heterocycles. The summed E-state index contributed by atoms with van der Waals surface area (Å²) < 4.78 is 14.5. The first-order valence-corrected chi connectivity index (χ1v) is 12.0. The first-order chi connectivity index (χ1) is 18.9. The molecule has 17 heteroatoms. The molecule has 2 heterocycles. The summed E-state index contributed by atoms with van der Waals surface area (Å²) in [6.07, 6.45) is 2.10. The van der Waals surface area contributed by atoms with Crippen LogP contribution < -0.4 is 21.7 Å². The van der Waals surface area contributed by atoms with E-state index in [1.807, 2.05) is 0 Å². The van der Waals surface area contributed by atoms with E-state index in [-0.39, 0.29) is 17.6 Å². The molecule has 1 amide bonds. The Morgan fingerprint density at radius 3 is 1.82 bits per heavy atom. The Bertz CT molecular complexity index is 1020. The fraction of sp³-hybridized carbons (Fsp3) is 0.435. The molecule has 7 N–H and O–H groups in total. The molecule has 0 aliphatic heterocycles. The minimum Gasteiger partial charge on any atom is -0.478 e. The molecule has 0 bridgehead atoms. The zero-order valence-corrected chi connectivity index (χ0v) is 22.9. The molecule has 0 atom stereocenters. The van der Waals surface area contributed by atoms with Gasteiger partial charge < -0.3 is 36.6 Å². The van der Waals surface area contributed by atoms with Crippen LogP contribution in [0.4, 0.5) is 16.4 Å². The maximum Gasteiger partial charge on any atom is 0.337 e. The number of nitrogens with one attached hydrogen (secondary N) is 3. The van der Waals surface area contributed by atoms with Crippen LogP contribution in [0.5, 0.6) is 0 Å². The minimum atomic E-state index is -1.02. The van der Waals surface area contributed by atoms with Gasteiger partial charge in [-0.1, -0.05) is 0 Å². The van der Waals surface area contributed by atoms with Crippen LogP contribution in [0.3, 0.4) is 0 Å². The number of amides is 1. The van der Waals surface area contributed by atoms with E-state index >= 15 is 0 Å². The van der Waals surface area contributed by atoms with Crippen LogP contribution in [-0.4, -0.2) is 91.1 Å². The third kappa shape index (κ3) is 19.1. The Labute approximate surface area is 233 Å². The Morgan fingerprint density at radius 1 is 0.925 bits per heavy atom. The molecule has 0 saturated carbocycles. The number of ether oxygens (including phenoxy) is 1. The normalized spacial score (nSPS) is 9.82. The zero-order valence-electron chi connectivity index (χ0n) is 22.9. The molecule has 40 heavy (non-hydrogen) atoms. The van der Waals surface area contributed by atoms with Crippen molar-refractivity contribution < 1.29 is 43.7 Å². The molecule has 0 spiro atoms. The van der Waals surface area contributed by atoms with Crippen LogP contribution in [-0.2, 0) is 19.1 Å². The molecular weight excluding hydrogens is 526 g/mol. The number of nitrogens with two attached hydrogens (primary N) is 1. The van der Waals surface area contributed by atoms with Crippen molar-refractivity contribution in [2.24, 2.45) is 5.73 Å². The van der Waals surface area contributed by atoms with Gasteiger partial charge in [-0.2, -0.15) is 0 Å². The van der Waals surface area contributed by atoms with Crippen molar-refractivity contribution in [1.29, 1.82) is 0 Å². The molecule has 0 aliphatic carbocycles. The number of hydrogen-bond donors (Lipinski definition) is 6. The average Bonchev–Trinajstić information content (AvgIpc) is 2.90. The summed E-state index contributed by atoms with van der Waals surface area (Å²) in [5.74, 6) is -0.815. The van der Waals surface area contributed by atoms with Gasteiger partial charge in [0.15, 0.2) is 0 Å². The maximum atomic E-state index is 11.3. The monoisotopic (exact) mass is 561 g/mol. The SMILES string of the molecule is CC(C)(C)OC(=O)NCCNc1ccc(C(=O)O)cn1.C[B]OOCB=O.NCCNc1ccc(C(=O)O)cn1. The molecular formula is C23H35B2N6O9. The number of carboxylic acids is 2. The molecule has 217 valence electrons. The van der Waals surface area contributed by atoms with E-state index in [1.165, 1.54) is 32.0 Å². The van der Waals surface area contributed by atoms with Gasteiger partial charge in [0.1, 0.15) is 17.2 Å². The topological polar surface area (TPSA) is 224 Å². The van der Waals surface area contributed by atoms with Crippen LogP contribution in [0.15, 0.2) is 36.7 Å². The molecule has 15 nitrogen and oxygen atoms in total. The van der Waals surface area contributed by atoms with E-state index in [9.17, 15) is 19.1 Å². The predicted octanol–water partition coefficient (Wildman–Crippen LogP) is 1.48. The minimum absolute atomic E-state index is 0.00958. The van der Waals surface area contributed by atoms with E-state index in [4.69, 9.17) is 20.7 Å². The van der Waals surface area contributed by atoms with Gasteiger partial charge in [-0.25, -0.2) is 24.4 Å². The number of carbonyl (C=O) groups excluding carboxylic acids is 1. The van der Waals surface area contributed by atoms with E-state index < -0.39 is 23.6 Å². The van der Waals surface area contributed by atoms with E-state index in [2.05, 4.69) is 35.6 Å². The molecule has 0 aliphatic rings. The van der Waals surface area contributed by atoms with Crippen molar-refractivity contribution in [3.63, 3.8) is 0 Å². The van der Waals surface area contributed by atoms with Crippen LogP contribution >= 0.6 is 0 Å². The third-order valence-electron chi connectivity index (χ3n) is 3.87. The number of aromatic carboxylic acids is 2. The van der Waals surface area contributed by atoms with Crippen molar-refractivity contribution in [3.05, 3.63) is 47.8 Å². The van der Waals surface area contributed by atoms with E-state index in [0.717, 1.165) is 0 Å². The molecule has 2 aromatic rings. The van der Waals surface area contributed by atoms with E-state index in [1.54, 1.807) is 39.7 Å². The predicted molar refractivity (Wildman–Crippen MR) is 148 cm³/mol. The molecule has 0 saturated heterocycles. The van der Waals surface area contributed by atoms with Crippen LogP contribution in [0.25, 0.3) is 0 Å². The van der Waals surface area contributed by atoms with Crippen molar-refractivity contribution >= 4 is 44.3 Å². The molecule has 0 unspecified atom stereocenters. The zero-order chi connectivity index (χ0) is 30.4. The number of carboxylic acid groups (broad SMARTS) is 2. The smallest absolute Gasteiger partial charge is 0.337 e. The van der Waals surface area contributed by atoms with Crippen LogP contribution in [0, 0.1) is 0 Å². The van der Waals surface area contributed by atoms with Gasteiger partial charge >= 0.3 is 60.4 Å². The van der Waals surface area contributed by atoms with Gasteiger partial charge in [0.25, 0.3) is 0 Å². The fourth-order valence-corrected chi connectivity index (χ4v) is 2.25. The van der Waals surface area contributed by atoms with Gasteiger partial charge in [-0.3, -0.25) is 0 Å². The number of alkyl carbamates (subject to hydrolysis) is 1. The fourth-order valence-electron chi connectivity index (χ4n) is 2.25. The largest absolute Gasteiger partial charge is 0.478 e. The number of pyridine rings is 2. The van der Waals surface area contributed by atoms with Crippen LogP contribution in [0.2, 0.25) is 6.82 Å². The summed E-state index contributed by atoms with van der Waals surface area (Å²) in [6.45, 7) is 8.99.